The van der Waals surface area contributed by atoms with Crippen LogP contribution in [0.4, 0.5) is 17.6 Å². The van der Waals surface area contributed by atoms with Crippen molar-refractivity contribution >= 4 is 5.91 Å². The van der Waals surface area contributed by atoms with Gasteiger partial charge in [0.15, 0.2) is 0 Å². The molecule has 0 aromatic carbocycles. The fourth-order valence-corrected chi connectivity index (χ4v) is 3.73. The van der Waals surface area contributed by atoms with E-state index in [4.69, 9.17) is 0 Å². The van der Waals surface area contributed by atoms with Crippen molar-refractivity contribution < 1.29 is 22.4 Å². The first kappa shape index (κ1) is 21.8. The second-order valence-electron chi connectivity index (χ2n) is 7.63. The lowest BCUT2D eigenvalue weighted by atomic mass is 9.88. The Bertz CT molecular complexity index is 1100. The summed E-state index contributed by atoms with van der Waals surface area (Å²) in [5.41, 5.74) is -1.49. The molecule has 3 aromatic heterocycles. The van der Waals surface area contributed by atoms with Gasteiger partial charge >= 0.3 is 6.18 Å². The molecule has 1 saturated heterocycles. The fourth-order valence-electron chi connectivity index (χ4n) is 3.73. The van der Waals surface area contributed by atoms with Crippen molar-refractivity contribution in [3.8, 4) is 11.4 Å². The molecule has 6 nitrogen and oxygen atoms in total. The maximum absolute atomic E-state index is 15.4. The fraction of sp³-hybridized carbons (Fsp3) is 0.318. The zero-order chi connectivity index (χ0) is 22.8. The van der Waals surface area contributed by atoms with E-state index in [2.05, 4.69) is 19.9 Å². The summed E-state index contributed by atoms with van der Waals surface area (Å²) < 4.78 is 54.0. The van der Waals surface area contributed by atoms with E-state index in [0.29, 0.717) is 17.0 Å². The minimum Gasteiger partial charge on any atom is -0.338 e. The molecule has 166 valence electrons. The maximum atomic E-state index is 15.4. The maximum Gasteiger partial charge on any atom is 0.433 e. The first-order valence-corrected chi connectivity index (χ1v) is 9.98. The predicted molar refractivity (Wildman–Crippen MR) is 107 cm³/mol. The lowest BCUT2D eigenvalue weighted by Gasteiger charge is -2.36. The van der Waals surface area contributed by atoms with Crippen LogP contribution >= 0.6 is 0 Å². The van der Waals surface area contributed by atoms with Gasteiger partial charge in [0.05, 0.1) is 11.3 Å². The van der Waals surface area contributed by atoms with Crippen molar-refractivity contribution in [3.05, 3.63) is 72.1 Å². The Kier molecular flexibility index (Phi) is 5.86. The number of hydrogen-bond acceptors (Lipinski definition) is 5. The standard InChI is InChI=1S/C22H19F4N5O/c23-21(13-15-3-1-5-18(30-15)22(24,25)26)7-11-31(12-8-21)20(32)16-4-2-9-28-19(16)17-6-10-27-14-29-17/h1-6,9-10,14H,7-8,11-13H2. The minimum absolute atomic E-state index is 0.000230. The molecule has 1 fully saturated rings. The number of carbonyl (C=O) groups is 1. The highest BCUT2D eigenvalue weighted by molar-refractivity contribution is 5.99. The van der Waals surface area contributed by atoms with E-state index in [1.54, 1.807) is 30.6 Å². The van der Waals surface area contributed by atoms with Gasteiger partial charge in [0.2, 0.25) is 0 Å². The van der Waals surface area contributed by atoms with Gasteiger partial charge in [-0.25, -0.2) is 19.3 Å². The van der Waals surface area contributed by atoms with Crippen LogP contribution in [0.5, 0.6) is 0 Å². The van der Waals surface area contributed by atoms with Crippen LogP contribution in [0.25, 0.3) is 11.4 Å². The predicted octanol–water partition coefficient (Wildman–Crippen LogP) is 4.14. The Morgan fingerprint density at radius 1 is 1.03 bits per heavy atom. The molecule has 1 amide bonds. The van der Waals surface area contributed by atoms with Crippen molar-refractivity contribution in [2.45, 2.75) is 31.1 Å². The first-order chi connectivity index (χ1) is 15.3. The number of alkyl halides is 4. The average Bonchev–Trinajstić information content (AvgIpc) is 2.79. The third kappa shape index (κ3) is 4.74. The van der Waals surface area contributed by atoms with E-state index < -0.39 is 17.5 Å². The quantitative estimate of drug-likeness (QED) is 0.565. The van der Waals surface area contributed by atoms with Crippen molar-refractivity contribution in [2.24, 2.45) is 0 Å². The van der Waals surface area contributed by atoms with Crippen molar-refractivity contribution in [3.63, 3.8) is 0 Å². The molecular formula is C22H19F4N5O. The number of piperidine rings is 1. The lowest BCUT2D eigenvalue weighted by Crippen LogP contribution is -2.45. The molecule has 0 bridgehead atoms. The summed E-state index contributed by atoms with van der Waals surface area (Å²) in [6.07, 6.45) is -0.360. The van der Waals surface area contributed by atoms with Crippen molar-refractivity contribution in [2.75, 3.05) is 13.1 Å². The molecule has 0 saturated carbocycles. The molecule has 0 unspecified atom stereocenters. The average molecular weight is 445 g/mol. The van der Waals surface area contributed by atoms with Gasteiger partial charge in [-0.1, -0.05) is 6.07 Å². The molecule has 3 aromatic rings. The van der Waals surface area contributed by atoms with Crippen LogP contribution in [-0.4, -0.2) is 49.5 Å². The molecule has 0 spiro atoms. The van der Waals surface area contributed by atoms with Crippen LogP contribution < -0.4 is 0 Å². The van der Waals surface area contributed by atoms with E-state index in [1.807, 2.05) is 0 Å². The third-order valence-corrected chi connectivity index (χ3v) is 5.40. The van der Waals surface area contributed by atoms with Gasteiger partial charge in [-0.05, 0) is 43.2 Å². The number of carbonyl (C=O) groups excluding carboxylic acids is 1. The third-order valence-electron chi connectivity index (χ3n) is 5.40. The summed E-state index contributed by atoms with van der Waals surface area (Å²) in [5, 5.41) is 0. The molecule has 0 atom stereocenters. The Morgan fingerprint density at radius 3 is 2.50 bits per heavy atom. The molecule has 0 radical (unpaired) electrons. The van der Waals surface area contributed by atoms with Gasteiger partial charge in [-0.3, -0.25) is 9.78 Å². The van der Waals surface area contributed by atoms with E-state index in [1.165, 1.54) is 23.4 Å². The molecule has 1 aliphatic rings. The zero-order valence-electron chi connectivity index (χ0n) is 16.9. The largest absolute Gasteiger partial charge is 0.433 e. The van der Waals surface area contributed by atoms with E-state index in [-0.39, 0.29) is 44.0 Å². The highest BCUT2D eigenvalue weighted by Gasteiger charge is 2.38. The van der Waals surface area contributed by atoms with Gasteiger partial charge in [-0.15, -0.1) is 0 Å². The topological polar surface area (TPSA) is 71.9 Å². The summed E-state index contributed by atoms with van der Waals surface area (Å²) >= 11 is 0. The van der Waals surface area contributed by atoms with E-state index in [0.717, 1.165) is 6.07 Å². The molecule has 32 heavy (non-hydrogen) atoms. The molecule has 4 rings (SSSR count). The van der Waals surface area contributed by atoms with Crippen LogP contribution in [0, 0.1) is 0 Å². The number of pyridine rings is 2. The number of halogens is 4. The number of rotatable bonds is 4. The highest BCUT2D eigenvalue weighted by Crippen LogP contribution is 2.33. The lowest BCUT2D eigenvalue weighted by molar-refractivity contribution is -0.141. The smallest absolute Gasteiger partial charge is 0.338 e. The first-order valence-electron chi connectivity index (χ1n) is 9.98. The van der Waals surface area contributed by atoms with Crippen LogP contribution in [-0.2, 0) is 12.6 Å². The summed E-state index contributed by atoms with van der Waals surface area (Å²) in [6, 6.07) is 8.39. The Morgan fingerprint density at radius 2 is 1.81 bits per heavy atom. The van der Waals surface area contributed by atoms with Gasteiger partial charge in [-0.2, -0.15) is 13.2 Å². The summed E-state index contributed by atoms with van der Waals surface area (Å²) in [5.74, 6) is -0.300. The van der Waals surface area contributed by atoms with Crippen molar-refractivity contribution in [1.82, 2.24) is 24.8 Å². The normalized spacial score (nSPS) is 16.1. The molecule has 0 aliphatic carbocycles. The molecular weight excluding hydrogens is 426 g/mol. The second kappa shape index (κ2) is 8.60. The molecule has 0 N–H and O–H groups in total. The Balaban J connectivity index is 1.46. The zero-order valence-corrected chi connectivity index (χ0v) is 16.9. The Labute approximate surface area is 181 Å². The van der Waals surface area contributed by atoms with Crippen LogP contribution in [0.2, 0.25) is 0 Å². The minimum atomic E-state index is -4.58. The molecule has 1 aliphatic heterocycles. The van der Waals surface area contributed by atoms with Gasteiger partial charge in [0.25, 0.3) is 5.91 Å². The monoisotopic (exact) mass is 445 g/mol. The highest BCUT2D eigenvalue weighted by atomic mass is 19.4. The number of hydrogen-bond donors (Lipinski definition) is 0. The number of aromatic nitrogens is 4. The number of amides is 1. The number of nitrogens with zero attached hydrogens (tertiary/aromatic N) is 5. The van der Waals surface area contributed by atoms with E-state index >= 15 is 4.39 Å². The van der Waals surface area contributed by atoms with Crippen molar-refractivity contribution in [1.29, 1.82) is 0 Å². The van der Waals surface area contributed by atoms with Gasteiger partial charge in [0, 0.05) is 37.6 Å². The van der Waals surface area contributed by atoms with Crippen LogP contribution in [0.1, 0.15) is 34.6 Å². The summed E-state index contributed by atoms with van der Waals surface area (Å²) in [7, 11) is 0. The molecule has 10 heteroatoms. The second-order valence-corrected chi connectivity index (χ2v) is 7.63. The van der Waals surface area contributed by atoms with Crippen LogP contribution in [0.3, 0.4) is 0 Å². The van der Waals surface area contributed by atoms with E-state index in [9.17, 15) is 18.0 Å². The number of likely N-dealkylation sites (tertiary alicyclic amines) is 1. The Hall–Kier alpha value is -3.43. The summed E-state index contributed by atoms with van der Waals surface area (Å²) in [6.45, 7) is 0.263. The SMILES string of the molecule is O=C(c1cccnc1-c1ccncn1)N1CCC(F)(Cc2cccc(C(F)(F)F)n2)CC1. The van der Waals surface area contributed by atoms with Gasteiger partial charge < -0.3 is 4.90 Å². The molecule has 4 heterocycles. The van der Waals surface area contributed by atoms with Crippen LogP contribution in [0.15, 0.2) is 55.1 Å². The van der Waals surface area contributed by atoms with Gasteiger partial charge in [0.1, 0.15) is 23.4 Å². The summed E-state index contributed by atoms with van der Waals surface area (Å²) in [4.78, 5) is 30.5.